The van der Waals surface area contributed by atoms with E-state index in [-0.39, 0.29) is 18.9 Å². The van der Waals surface area contributed by atoms with Crippen molar-refractivity contribution in [1.82, 2.24) is 15.1 Å². The summed E-state index contributed by atoms with van der Waals surface area (Å²) in [4.78, 5) is 11.9. The van der Waals surface area contributed by atoms with Crippen LogP contribution in [-0.4, -0.2) is 27.3 Å². The van der Waals surface area contributed by atoms with E-state index in [1.54, 1.807) is 11.7 Å². The van der Waals surface area contributed by atoms with E-state index in [1.807, 2.05) is 23.8 Å². The summed E-state index contributed by atoms with van der Waals surface area (Å²) in [6.45, 7) is 2.00. The molecular weight excluding hydrogens is 298 g/mol. The zero-order valence-electron chi connectivity index (χ0n) is 11.3. The Balaban J connectivity index is 1.90. The molecule has 0 aliphatic carbocycles. The van der Waals surface area contributed by atoms with Crippen molar-refractivity contribution in [1.29, 1.82) is 0 Å². The summed E-state index contributed by atoms with van der Waals surface area (Å²) in [7, 11) is 1.73. The Labute approximate surface area is 126 Å². The van der Waals surface area contributed by atoms with Gasteiger partial charge in [0, 0.05) is 19.2 Å². The van der Waals surface area contributed by atoms with Crippen molar-refractivity contribution in [3.63, 3.8) is 0 Å². The molecule has 2 rings (SSSR count). The summed E-state index contributed by atoms with van der Waals surface area (Å²) in [6, 6.07) is 1.84. The van der Waals surface area contributed by atoms with Crippen molar-refractivity contribution in [2.45, 2.75) is 19.4 Å². The molecule has 5 nitrogen and oxygen atoms in total. The van der Waals surface area contributed by atoms with Crippen LogP contribution in [0.1, 0.15) is 22.9 Å². The molecule has 7 heteroatoms. The predicted octanol–water partition coefficient (Wildman–Crippen LogP) is 1.84. The van der Waals surface area contributed by atoms with Crippen molar-refractivity contribution in [2.24, 2.45) is 7.05 Å². The van der Waals surface area contributed by atoms with Crippen molar-refractivity contribution in [3.05, 3.63) is 38.8 Å². The standard InChI is InChI=1S/C13H16ClN3O2S/c1-8-10(13(14)17(2)16-8)5-12(19)15-6-11(18)9-3-4-20-7-9/h3-4,7,11,18H,5-6H2,1-2H3,(H,15,19). The SMILES string of the molecule is Cc1nn(C)c(Cl)c1CC(=O)NCC(O)c1ccsc1. The topological polar surface area (TPSA) is 67.2 Å². The first kappa shape index (κ1) is 15.0. The fourth-order valence-corrected chi connectivity index (χ4v) is 2.84. The number of aromatic nitrogens is 2. The average molecular weight is 314 g/mol. The first-order chi connectivity index (χ1) is 9.49. The van der Waals surface area contributed by atoms with E-state index in [9.17, 15) is 9.90 Å². The predicted molar refractivity (Wildman–Crippen MR) is 78.9 cm³/mol. The minimum atomic E-state index is -0.685. The molecule has 0 saturated carbocycles. The van der Waals surface area contributed by atoms with E-state index in [0.717, 1.165) is 16.8 Å². The summed E-state index contributed by atoms with van der Waals surface area (Å²) in [6.07, 6.45) is -0.523. The molecule has 1 atom stereocenters. The number of aliphatic hydroxyl groups is 1. The number of hydrogen-bond acceptors (Lipinski definition) is 4. The van der Waals surface area contributed by atoms with E-state index < -0.39 is 6.10 Å². The lowest BCUT2D eigenvalue weighted by Gasteiger charge is -2.10. The smallest absolute Gasteiger partial charge is 0.224 e. The lowest BCUT2D eigenvalue weighted by atomic mass is 10.1. The molecule has 0 bridgehead atoms. The van der Waals surface area contributed by atoms with Crippen LogP contribution >= 0.6 is 22.9 Å². The molecule has 1 unspecified atom stereocenters. The maximum absolute atomic E-state index is 11.9. The normalized spacial score (nSPS) is 12.4. The second kappa shape index (κ2) is 6.39. The molecule has 0 aromatic carbocycles. The summed E-state index contributed by atoms with van der Waals surface area (Å²) < 4.78 is 1.54. The monoisotopic (exact) mass is 313 g/mol. The van der Waals surface area contributed by atoms with Crippen LogP contribution < -0.4 is 5.32 Å². The quantitative estimate of drug-likeness (QED) is 0.885. The molecule has 2 heterocycles. The number of carbonyl (C=O) groups excluding carboxylic acids is 1. The number of halogens is 1. The first-order valence-corrected chi connectivity index (χ1v) is 7.46. The molecule has 2 N–H and O–H groups in total. The highest BCUT2D eigenvalue weighted by molar-refractivity contribution is 7.07. The van der Waals surface area contributed by atoms with Gasteiger partial charge < -0.3 is 10.4 Å². The summed E-state index contributed by atoms with van der Waals surface area (Å²) in [5, 5.41) is 21.0. The Morgan fingerprint density at radius 1 is 1.65 bits per heavy atom. The van der Waals surface area contributed by atoms with Crippen LogP contribution in [0.15, 0.2) is 16.8 Å². The number of aliphatic hydroxyl groups excluding tert-OH is 1. The van der Waals surface area contributed by atoms with Crippen molar-refractivity contribution in [3.8, 4) is 0 Å². The van der Waals surface area contributed by atoms with E-state index in [2.05, 4.69) is 10.4 Å². The highest BCUT2D eigenvalue weighted by atomic mass is 35.5. The number of amides is 1. The van der Waals surface area contributed by atoms with Crippen LogP contribution in [0, 0.1) is 6.92 Å². The Morgan fingerprint density at radius 2 is 2.40 bits per heavy atom. The zero-order valence-corrected chi connectivity index (χ0v) is 12.8. The van der Waals surface area contributed by atoms with Crippen molar-refractivity contribution in [2.75, 3.05) is 6.54 Å². The van der Waals surface area contributed by atoms with E-state index in [0.29, 0.717) is 5.15 Å². The van der Waals surface area contributed by atoms with E-state index >= 15 is 0 Å². The molecule has 0 saturated heterocycles. The third kappa shape index (κ3) is 3.39. The van der Waals surface area contributed by atoms with Gasteiger partial charge in [-0.3, -0.25) is 9.48 Å². The largest absolute Gasteiger partial charge is 0.387 e. The number of nitrogens with one attached hydrogen (secondary N) is 1. The van der Waals surface area contributed by atoms with Crippen LogP contribution in [0.2, 0.25) is 5.15 Å². The fraction of sp³-hybridized carbons (Fsp3) is 0.385. The van der Waals surface area contributed by atoms with Gasteiger partial charge in [-0.15, -0.1) is 0 Å². The second-order valence-corrected chi connectivity index (χ2v) is 5.67. The van der Waals surface area contributed by atoms with Crippen LogP contribution in [0.5, 0.6) is 0 Å². The van der Waals surface area contributed by atoms with Gasteiger partial charge in [0.15, 0.2) is 0 Å². The van der Waals surface area contributed by atoms with Gasteiger partial charge in [0.1, 0.15) is 5.15 Å². The van der Waals surface area contributed by atoms with Gasteiger partial charge in [-0.05, 0) is 29.3 Å². The minimum Gasteiger partial charge on any atom is -0.387 e. The van der Waals surface area contributed by atoms with E-state index in [4.69, 9.17) is 11.6 Å². The van der Waals surface area contributed by atoms with Crippen LogP contribution in [-0.2, 0) is 18.3 Å². The lowest BCUT2D eigenvalue weighted by molar-refractivity contribution is -0.120. The van der Waals surface area contributed by atoms with Crippen LogP contribution in [0.4, 0.5) is 0 Å². The Bertz CT molecular complexity index is 595. The van der Waals surface area contributed by atoms with Gasteiger partial charge in [-0.2, -0.15) is 16.4 Å². The molecule has 1 amide bonds. The lowest BCUT2D eigenvalue weighted by Crippen LogP contribution is -2.29. The van der Waals surface area contributed by atoms with Gasteiger partial charge in [0.05, 0.1) is 18.2 Å². The summed E-state index contributed by atoms with van der Waals surface area (Å²) in [5.41, 5.74) is 2.27. The highest BCUT2D eigenvalue weighted by Gasteiger charge is 2.16. The Hall–Kier alpha value is -1.37. The minimum absolute atomic E-state index is 0.162. The molecule has 0 aliphatic heterocycles. The van der Waals surface area contributed by atoms with Crippen molar-refractivity contribution < 1.29 is 9.90 Å². The number of nitrogens with zero attached hydrogens (tertiary/aromatic N) is 2. The van der Waals surface area contributed by atoms with Gasteiger partial charge in [0.25, 0.3) is 0 Å². The van der Waals surface area contributed by atoms with Gasteiger partial charge >= 0.3 is 0 Å². The van der Waals surface area contributed by atoms with Crippen LogP contribution in [0.25, 0.3) is 0 Å². The molecule has 108 valence electrons. The highest BCUT2D eigenvalue weighted by Crippen LogP contribution is 2.19. The number of carbonyl (C=O) groups is 1. The third-order valence-corrected chi connectivity index (χ3v) is 4.20. The van der Waals surface area contributed by atoms with Gasteiger partial charge in [0.2, 0.25) is 5.91 Å². The first-order valence-electron chi connectivity index (χ1n) is 6.14. The molecular formula is C13H16ClN3O2S. The fourth-order valence-electron chi connectivity index (χ4n) is 1.89. The Morgan fingerprint density at radius 3 is 2.95 bits per heavy atom. The number of thiophene rings is 1. The zero-order chi connectivity index (χ0) is 14.7. The summed E-state index contributed by atoms with van der Waals surface area (Å²) >= 11 is 7.58. The van der Waals surface area contributed by atoms with Gasteiger partial charge in [-0.1, -0.05) is 11.6 Å². The average Bonchev–Trinajstić information content (AvgIpc) is 3.01. The maximum atomic E-state index is 11.9. The molecule has 2 aromatic rings. The van der Waals surface area contributed by atoms with Crippen LogP contribution in [0.3, 0.4) is 0 Å². The van der Waals surface area contributed by atoms with Crippen molar-refractivity contribution >= 4 is 28.8 Å². The second-order valence-electron chi connectivity index (χ2n) is 4.53. The molecule has 0 spiro atoms. The molecule has 0 aliphatic rings. The van der Waals surface area contributed by atoms with E-state index in [1.165, 1.54) is 11.3 Å². The Kier molecular flexibility index (Phi) is 4.80. The third-order valence-electron chi connectivity index (χ3n) is 3.03. The maximum Gasteiger partial charge on any atom is 0.224 e. The number of hydrogen-bond donors (Lipinski definition) is 2. The molecule has 0 radical (unpaired) electrons. The van der Waals surface area contributed by atoms with Gasteiger partial charge in [-0.25, -0.2) is 0 Å². The molecule has 0 fully saturated rings. The molecule has 2 aromatic heterocycles. The molecule has 20 heavy (non-hydrogen) atoms. The number of rotatable bonds is 5. The summed E-state index contributed by atoms with van der Waals surface area (Å²) in [5.74, 6) is -0.183. The number of aryl methyl sites for hydroxylation is 2.